The monoisotopic (exact) mass is 882 g/mol. The third-order valence-electron chi connectivity index (χ3n) is 19.0. The zero-order valence-electron chi connectivity index (χ0n) is 37.2. The van der Waals surface area contributed by atoms with Gasteiger partial charge in [0.1, 0.15) is 61.0 Å². The molecule has 0 spiro atoms. The molecule has 0 unspecified atom stereocenters. The lowest BCUT2D eigenvalue weighted by Crippen LogP contribution is -2.66. The van der Waals surface area contributed by atoms with Gasteiger partial charge in [-0.05, 0) is 130 Å². The number of carboxylic acids is 1. The van der Waals surface area contributed by atoms with Crippen LogP contribution in [0.4, 0.5) is 0 Å². The van der Waals surface area contributed by atoms with Crippen LogP contribution >= 0.6 is 0 Å². The van der Waals surface area contributed by atoms with E-state index in [9.17, 15) is 50.8 Å². The minimum Gasteiger partial charge on any atom is -0.481 e. The predicted octanol–water partition coefficient (Wildman–Crippen LogP) is 1.84. The van der Waals surface area contributed by atoms with Crippen molar-refractivity contribution in [2.24, 2.45) is 57.2 Å². The summed E-state index contributed by atoms with van der Waals surface area (Å²) < 4.78 is 36.1. The van der Waals surface area contributed by atoms with E-state index in [1.54, 1.807) is 0 Å². The largest absolute Gasteiger partial charge is 0.481 e. The highest BCUT2D eigenvalue weighted by Gasteiger charge is 2.71. The maximum absolute atomic E-state index is 13.1. The smallest absolute Gasteiger partial charge is 0.309 e. The summed E-state index contributed by atoms with van der Waals surface area (Å²) in [6, 6.07) is 0. The van der Waals surface area contributed by atoms with Crippen molar-refractivity contribution in [2.75, 3.05) is 13.2 Å². The number of rotatable bonds is 9. The SMILES string of the molecule is C=C(C)[C@@H]1CC[C@]2(C(=O)O)CC[C@]3(C)[C@H](CC[C@@H]4[C@@]5(C)CC[C@H](O[C@@H]6OC[C@H](O[C@@H]7O[C@H](CO)[C@@H](O)[C@H](O)[C@H]7O)[C@H](O)[C@H]6O[C@@H]6[C@@H](O)[C@H](C)O[C@@H](O)[C@H]6O)[C@H](C)[C@@H]5CC[C@]43C)[C@@H]12. The van der Waals surface area contributed by atoms with E-state index >= 15 is 0 Å². The van der Waals surface area contributed by atoms with Crippen LogP contribution in [0.2, 0.25) is 0 Å². The molecule has 62 heavy (non-hydrogen) atoms. The Hall–Kier alpha value is -1.35. The topological polar surface area (TPSA) is 255 Å². The van der Waals surface area contributed by atoms with Crippen molar-refractivity contribution in [1.82, 2.24) is 0 Å². The number of aliphatic carboxylic acids is 1. The van der Waals surface area contributed by atoms with Gasteiger partial charge in [0.25, 0.3) is 0 Å². The van der Waals surface area contributed by atoms with Crippen LogP contribution in [0, 0.1) is 57.2 Å². The van der Waals surface area contributed by atoms with Gasteiger partial charge in [-0.2, -0.15) is 0 Å². The molecule has 3 heterocycles. The van der Waals surface area contributed by atoms with E-state index in [0.717, 1.165) is 56.9 Å². The molecular formula is C46H74O16. The normalized spacial score (nSPS) is 56.5. The van der Waals surface area contributed by atoms with Crippen molar-refractivity contribution < 1.29 is 79.2 Å². The first-order valence-corrected chi connectivity index (χ1v) is 23.3. The molecule has 0 aromatic heterocycles. The lowest BCUT2D eigenvalue weighted by molar-refractivity contribution is -0.367. The first-order valence-electron chi connectivity index (χ1n) is 23.3. The number of hydrogen-bond donors (Lipinski definition) is 9. The number of carbonyl (C=O) groups is 1. The first-order chi connectivity index (χ1) is 29.1. The zero-order chi connectivity index (χ0) is 45.0. The molecule has 0 aromatic carbocycles. The van der Waals surface area contributed by atoms with E-state index in [0.29, 0.717) is 30.6 Å². The zero-order valence-corrected chi connectivity index (χ0v) is 37.2. The Morgan fingerprint density at radius 3 is 2.08 bits per heavy atom. The Morgan fingerprint density at radius 1 is 0.694 bits per heavy atom. The Bertz CT molecular complexity index is 1630. The van der Waals surface area contributed by atoms with Crippen LogP contribution in [0.5, 0.6) is 0 Å². The molecule has 5 saturated carbocycles. The van der Waals surface area contributed by atoms with Crippen LogP contribution in [0.15, 0.2) is 12.2 Å². The molecule has 5 aliphatic carbocycles. The molecule has 3 saturated heterocycles. The Labute approximate surface area is 364 Å². The summed E-state index contributed by atoms with van der Waals surface area (Å²) in [5.41, 5.74) is 0.422. The molecule has 16 nitrogen and oxygen atoms in total. The van der Waals surface area contributed by atoms with E-state index in [-0.39, 0.29) is 46.7 Å². The number of allylic oxidation sites excluding steroid dienone is 1. The number of hydrogen-bond acceptors (Lipinski definition) is 15. The van der Waals surface area contributed by atoms with Gasteiger partial charge in [0.05, 0.1) is 30.8 Å². The molecule has 0 radical (unpaired) electrons. The van der Waals surface area contributed by atoms with Crippen molar-refractivity contribution in [3.05, 3.63) is 12.2 Å². The van der Waals surface area contributed by atoms with Crippen molar-refractivity contribution >= 4 is 5.97 Å². The van der Waals surface area contributed by atoms with E-state index < -0.39 is 104 Å². The van der Waals surface area contributed by atoms with E-state index in [4.69, 9.17) is 28.4 Å². The fourth-order valence-electron chi connectivity index (χ4n) is 15.3. The highest BCUT2D eigenvalue weighted by molar-refractivity contribution is 5.76. The van der Waals surface area contributed by atoms with Gasteiger partial charge in [0.2, 0.25) is 0 Å². The highest BCUT2D eigenvalue weighted by atomic mass is 16.7. The second kappa shape index (κ2) is 17.1. The molecule has 0 amide bonds. The maximum Gasteiger partial charge on any atom is 0.309 e. The van der Waals surface area contributed by atoms with Crippen molar-refractivity contribution in [2.45, 2.75) is 198 Å². The summed E-state index contributed by atoms with van der Waals surface area (Å²) in [5.74, 6) is 0.783. The number of ether oxygens (including phenoxy) is 6. The standard InChI is InChI=1S/C46H74O16/c1-20(2)23-10-15-46(42(55)56)17-16-44(6)25(30(23)46)8-9-29-43(5)13-12-26(21(3)24(43)11-14-45(29,44)7)59-41-38(62-37-31(48)22(4)58-39(54)36(37)53)33(50)28(19-57-41)61-40-35(52)34(51)32(49)27(18-47)60-40/h21-41,47-54H,1,8-19H2,2-7H3,(H,55,56)/t21-,22+,23+,24+,25-,26+,27-,28+,29-,30-,31+,32-,33+,34+,35-,36+,37-,38-,39-,40+,41+,43+,44-,45-,46+/m1/s1. The maximum atomic E-state index is 13.1. The molecular weight excluding hydrogens is 808 g/mol. The third kappa shape index (κ3) is 7.19. The molecule has 8 aliphatic rings. The predicted molar refractivity (Wildman–Crippen MR) is 218 cm³/mol. The lowest BCUT2D eigenvalue weighted by atomic mass is 9.33. The number of aliphatic hydroxyl groups excluding tert-OH is 8. The summed E-state index contributed by atoms with van der Waals surface area (Å²) in [7, 11) is 0. The van der Waals surface area contributed by atoms with Crippen molar-refractivity contribution in [3.8, 4) is 0 Å². The number of aliphatic hydroxyl groups is 8. The van der Waals surface area contributed by atoms with Crippen LogP contribution < -0.4 is 0 Å². The first kappa shape index (κ1) is 47.2. The average Bonchev–Trinajstić information content (AvgIpc) is 3.64. The van der Waals surface area contributed by atoms with Crippen molar-refractivity contribution in [1.29, 1.82) is 0 Å². The van der Waals surface area contributed by atoms with Crippen LogP contribution in [0.25, 0.3) is 0 Å². The summed E-state index contributed by atoms with van der Waals surface area (Å²) in [5, 5.41) is 96.3. The molecule has 8 fully saturated rings. The van der Waals surface area contributed by atoms with E-state index in [2.05, 4.69) is 41.2 Å². The second-order valence-corrected chi connectivity index (χ2v) is 21.6. The van der Waals surface area contributed by atoms with Gasteiger partial charge < -0.3 is 74.4 Å². The Morgan fingerprint density at radius 2 is 1.40 bits per heavy atom. The quantitative estimate of drug-likeness (QED) is 0.118. The molecule has 3 aliphatic heterocycles. The van der Waals surface area contributed by atoms with Gasteiger partial charge in [-0.15, -0.1) is 0 Å². The van der Waals surface area contributed by atoms with E-state index in [1.165, 1.54) is 6.92 Å². The average molecular weight is 883 g/mol. The van der Waals surface area contributed by atoms with Gasteiger partial charge >= 0.3 is 5.97 Å². The lowest BCUT2D eigenvalue weighted by Gasteiger charge is -2.71. The summed E-state index contributed by atoms with van der Waals surface area (Å²) in [6.07, 6.45) is -12.1. The summed E-state index contributed by atoms with van der Waals surface area (Å²) in [6.45, 7) is 16.7. The molecule has 0 aromatic rings. The molecule has 8 rings (SSSR count). The minimum absolute atomic E-state index is 0.0131. The van der Waals surface area contributed by atoms with Gasteiger partial charge in [-0.25, -0.2) is 0 Å². The molecule has 354 valence electrons. The second-order valence-electron chi connectivity index (χ2n) is 21.6. The highest BCUT2D eigenvalue weighted by Crippen LogP contribution is 2.77. The fraction of sp³-hybridized carbons (Fsp3) is 0.935. The molecule has 9 N–H and O–H groups in total. The fourth-order valence-corrected chi connectivity index (χ4v) is 15.3. The summed E-state index contributed by atoms with van der Waals surface area (Å²) in [4.78, 5) is 13.1. The third-order valence-corrected chi connectivity index (χ3v) is 19.0. The number of fused-ring (bicyclic) bond motifs is 7. The number of carboxylic acid groups (broad SMARTS) is 1. The van der Waals surface area contributed by atoms with Gasteiger partial charge in [0.15, 0.2) is 18.9 Å². The minimum atomic E-state index is -1.75. The van der Waals surface area contributed by atoms with E-state index in [1.807, 2.05) is 0 Å². The van der Waals surface area contributed by atoms with Crippen molar-refractivity contribution in [3.63, 3.8) is 0 Å². The van der Waals surface area contributed by atoms with Crippen LogP contribution in [0.1, 0.15) is 106 Å². The molecule has 16 heteroatoms. The van der Waals surface area contributed by atoms with Crippen LogP contribution in [-0.4, -0.2) is 157 Å². The Kier molecular flexibility index (Phi) is 13.0. The van der Waals surface area contributed by atoms with Crippen LogP contribution in [0.3, 0.4) is 0 Å². The summed E-state index contributed by atoms with van der Waals surface area (Å²) >= 11 is 0. The Balaban J connectivity index is 1.01. The van der Waals surface area contributed by atoms with Gasteiger partial charge in [-0.1, -0.05) is 39.8 Å². The van der Waals surface area contributed by atoms with Gasteiger partial charge in [0, 0.05) is 0 Å². The van der Waals surface area contributed by atoms with Gasteiger partial charge in [-0.3, -0.25) is 4.79 Å². The van der Waals surface area contributed by atoms with Crippen LogP contribution in [-0.2, 0) is 33.2 Å². The molecule has 0 bridgehead atoms. The molecule has 25 atom stereocenters.